The maximum absolute atomic E-state index is 13.5. The molecule has 0 aliphatic carbocycles. The standard InChI is InChI=1S/C20H30N2O5S/c1-15-11-17(27-3)18(12-16(15)2)28(25,26)22-8-4-6-20(14-22)7-5-19(24)21(13-20)9-10-23/h11-12,23H,4-10,13-14H2,1-3H3. The highest BCUT2D eigenvalue weighted by Gasteiger charge is 2.44. The van der Waals surface area contributed by atoms with Crippen molar-refractivity contribution < 1.29 is 23.1 Å². The van der Waals surface area contributed by atoms with E-state index < -0.39 is 10.0 Å². The third-order valence-corrected chi connectivity index (χ3v) is 8.01. The van der Waals surface area contributed by atoms with Crippen LogP contribution in [0, 0.1) is 19.3 Å². The molecular formula is C20H30N2O5S. The molecule has 1 atom stereocenters. The van der Waals surface area contributed by atoms with Crippen LogP contribution < -0.4 is 4.74 Å². The van der Waals surface area contributed by atoms with Crippen molar-refractivity contribution >= 4 is 15.9 Å². The number of β-amino-alcohol motifs (C(OH)–C–C–N with tert-alkyl or cyclic N) is 1. The lowest BCUT2D eigenvalue weighted by atomic mass is 9.74. The number of hydrogen-bond acceptors (Lipinski definition) is 5. The lowest BCUT2D eigenvalue weighted by Crippen LogP contribution is -2.55. The number of aliphatic hydroxyl groups excluding tert-OH is 1. The first-order valence-corrected chi connectivity index (χ1v) is 11.2. The second-order valence-electron chi connectivity index (χ2n) is 8.07. The lowest BCUT2D eigenvalue weighted by Gasteiger charge is -2.47. The van der Waals surface area contributed by atoms with Gasteiger partial charge in [0.15, 0.2) is 0 Å². The number of rotatable bonds is 5. The zero-order valence-electron chi connectivity index (χ0n) is 16.9. The molecule has 156 valence electrons. The molecule has 1 spiro atoms. The molecule has 1 aromatic rings. The van der Waals surface area contributed by atoms with Crippen LogP contribution in [0.3, 0.4) is 0 Å². The summed E-state index contributed by atoms with van der Waals surface area (Å²) in [5.41, 5.74) is 1.64. The number of likely N-dealkylation sites (tertiary alicyclic amines) is 1. The van der Waals surface area contributed by atoms with Crippen molar-refractivity contribution in [2.75, 3.05) is 39.9 Å². The van der Waals surface area contributed by atoms with Crippen molar-refractivity contribution in [1.82, 2.24) is 9.21 Å². The molecule has 1 amide bonds. The second-order valence-corrected chi connectivity index (χ2v) is 9.97. The predicted molar refractivity (Wildman–Crippen MR) is 106 cm³/mol. The molecule has 0 saturated carbocycles. The van der Waals surface area contributed by atoms with E-state index in [0.717, 1.165) is 24.0 Å². The molecule has 2 heterocycles. The third kappa shape index (κ3) is 3.90. The molecule has 2 aliphatic heterocycles. The molecule has 2 fully saturated rings. The van der Waals surface area contributed by atoms with Gasteiger partial charge in [-0.3, -0.25) is 4.79 Å². The van der Waals surface area contributed by atoms with Crippen LogP contribution >= 0.6 is 0 Å². The van der Waals surface area contributed by atoms with Gasteiger partial charge in [-0.15, -0.1) is 0 Å². The van der Waals surface area contributed by atoms with Crippen molar-refractivity contribution in [1.29, 1.82) is 0 Å². The van der Waals surface area contributed by atoms with Crippen LogP contribution in [-0.2, 0) is 14.8 Å². The summed E-state index contributed by atoms with van der Waals surface area (Å²) in [6.07, 6.45) is 2.73. The number of sulfonamides is 1. The van der Waals surface area contributed by atoms with Crippen molar-refractivity contribution in [2.45, 2.75) is 44.4 Å². The van der Waals surface area contributed by atoms with Crippen LogP contribution in [-0.4, -0.2) is 68.5 Å². The average Bonchev–Trinajstić information content (AvgIpc) is 2.67. The Labute approximate surface area is 167 Å². The summed E-state index contributed by atoms with van der Waals surface area (Å²) >= 11 is 0. The first-order valence-electron chi connectivity index (χ1n) is 9.76. The number of aliphatic hydroxyl groups is 1. The summed E-state index contributed by atoms with van der Waals surface area (Å²) in [6.45, 7) is 5.41. The quantitative estimate of drug-likeness (QED) is 0.798. The number of aryl methyl sites for hydroxylation is 2. The van der Waals surface area contributed by atoms with Gasteiger partial charge in [0.2, 0.25) is 15.9 Å². The zero-order chi connectivity index (χ0) is 20.5. The van der Waals surface area contributed by atoms with Gasteiger partial charge in [-0.05, 0) is 56.4 Å². The molecular weight excluding hydrogens is 380 g/mol. The van der Waals surface area contributed by atoms with Crippen LogP contribution in [0.15, 0.2) is 17.0 Å². The van der Waals surface area contributed by atoms with Crippen LogP contribution in [0.4, 0.5) is 0 Å². The summed E-state index contributed by atoms with van der Waals surface area (Å²) in [4.78, 5) is 14.0. The first-order chi connectivity index (χ1) is 13.2. The molecule has 28 heavy (non-hydrogen) atoms. The fourth-order valence-electron chi connectivity index (χ4n) is 4.39. The van der Waals surface area contributed by atoms with E-state index in [4.69, 9.17) is 4.74 Å². The maximum Gasteiger partial charge on any atom is 0.246 e. The smallest absolute Gasteiger partial charge is 0.246 e. The van der Waals surface area contributed by atoms with Gasteiger partial charge in [0, 0.05) is 38.0 Å². The molecule has 2 saturated heterocycles. The predicted octanol–water partition coefficient (Wildman–Crippen LogP) is 1.70. The SMILES string of the molecule is COc1cc(C)c(C)cc1S(=O)(=O)N1CCCC2(CCC(=O)N(CCO)C2)C1. The van der Waals surface area contributed by atoms with Crippen molar-refractivity contribution in [3.8, 4) is 5.75 Å². The largest absolute Gasteiger partial charge is 0.495 e. The fourth-order valence-corrected chi connectivity index (χ4v) is 6.20. The summed E-state index contributed by atoms with van der Waals surface area (Å²) in [6, 6.07) is 3.46. The van der Waals surface area contributed by atoms with E-state index in [1.54, 1.807) is 21.3 Å². The zero-order valence-corrected chi connectivity index (χ0v) is 17.7. The number of carbonyl (C=O) groups excluding carboxylic acids is 1. The Morgan fingerprint density at radius 1 is 1.18 bits per heavy atom. The number of carbonyl (C=O) groups is 1. The molecule has 7 nitrogen and oxygen atoms in total. The molecule has 3 rings (SSSR count). The highest BCUT2D eigenvalue weighted by atomic mass is 32.2. The van der Waals surface area contributed by atoms with Crippen LogP contribution in [0.2, 0.25) is 0 Å². The Balaban J connectivity index is 1.90. The van der Waals surface area contributed by atoms with Crippen LogP contribution in [0.5, 0.6) is 5.75 Å². The van der Waals surface area contributed by atoms with Gasteiger partial charge in [-0.2, -0.15) is 4.31 Å². The number of piperidine rings is 2. The summed E-state index contributed by atoms with van der Waals surface area (Å²) in [5.74, 6) is 0.402. The second kappa shape index (κ2) is 8.00. The number of hydrogen-bond donors (Lipinski definition) is 1. The Morgan fingerprint density at radius 2 is 1.89 bits per heavy atom. The Bertz CT molecular complexity index is 854. The minimum Gasteiger partial charge on any atom is -0.495 e. The third-order valence-electron chi connectivity index (χ3n) is 6.14. The fraction of sp³-hybridized carbons (Fsp3) is 0.650. The topological polar surface area (TPSA) is 87.2 Å². The van der Waals surface area contributed by atoms with Gasteiger partial charge in [0.1, 0.15) is 10.6 Å². The van der Waals surface area contributed by atoms with E-state index in [9.17, 15) is 18.3 Å². The van der Waals surface area contributed by atoms with Gasteiger partial charge in [-0.25, -0.2) is 8.42 Å². The number of amides is 1. The molecule has 0 aromatic heterocycles. The minimum absolute atomic E-state index is 0.0375. The summed E-state index contributed by atoms with van der Waals surface area (Å²) in [5, 5.41) is 9.24. The van der Waals surface area contributed by atoms with Crippen molar-refractivity contribution in [2.24, 2.45) is 5.41 Å². The van der Waals surface area contributed by atoms with Crippen LogP contribution in [0.1, 0.15) is 36.8 Å². The number of ether oxygens (including phenoxy) is 1. The van der Waals surface area contributed by atoms with E-state index in [1.807, 2.05) is 13.8 Å². The van der Waals surface area contributed by atoms with Crippen molar-refractivity contribution in [3.05, 3.63) is 23.3 Å². The molecule has 0 radical (unpaired) electrons. The molecule has 1 aromatic carbocycles. The monoisotopic (exact) mass is 410 g/mol. The normalized spacial score (nSPS) is 24.0. The van der Waals surface area contributed by atoms with E-state index in [1.165, 1.54) is 7.11 Å². The molecule has 2 aliphatic rings. The minimum atomic E-state index is -3.71. The molecule has 0 bridgehead atoms. The highest BCUT2D eigenvalue weighted by molar-refractivity contribution is 7.89. The lowest BCUT2D eigenvalue weighted by molar-refractivity contribution is -0.139. The number of nitrogens with zero attached hydrogens (tertiary/aromatic N) is 2. The van der Waals surface area contributed by atoms with E-state index in [0.29, 0.717) is 44.8 Å². The van der Waals surface area contributed by atoms with Crippen LogP contribution in [0.25, 0.3) is 0 Å². The van der Waals surface area contributed by atoms with Gasteiger partial charge in [0.05, 0.1) is 13.7 Å². The Hall–Kier alpha value is -1.64. The van der Waals surface area contributed by atoms with Gasteiger partial charge in [0.25, 0.3) is 0 Å². The number of benzene rings is 1. The Kier molecular flexibility index (Phi) is 6.03. The maximum atomic E-state index is 13.5. The Morgan fingerprint density at radius 3 is 2.57 bits per heavy atom. The van der Waals surface area contributed by atoms with Crippen molar-refractivity contribution in [3.63, 3.8) is 0 Å². The first kappa shape index (κ1) is 21.1. The molecule has 1 unspecified atom stereocenters. The van der Waals surface area contributed by atoms with Gasteiger partial charge < -0.3 is 14.7 Å². The highest BCUT2D eigenvalue weighted by Crippen LogP contribution is 2.41. The van der Waals surface area contributed by atoms with Gasteiger partial charge >= 0.3 is 0 Å². The van der Waals surface area contributed by atoms with E-state index in [2.05, 4.69) is 0 Å². The summed E-state index contributed by atoms with van der Waals surface area (Å²) < 4.78 is 33.8. The van der Waals surface area contributed by atoms with Gasteiger partial charge in [-0.1, -0.05) is 0 Å². The van der Waals surface area contributed by atoms with E-state index in [-0.39, 0.29) is 22.8 Å². The average molecular weight is 411 g/mol. The molecule has 1 N–H and O–H groups in total. The summed E-state index contributed by atoms with van der Waals surface area (Å²) in [7, 11) is -2.22. The van der Waals surface area contributed by atoms with E-state index >= 15 is 0 Å². The molecule has 8 heteroatoms. The number of methoxy groups -OCH3 is 1.